The summed E-state index contributed by atoms with van der Waals surface area (Å²) in [6, 6.07) is 16.9. The molecule has 9 heteroatoms. The normalized spacial score (nSPS) is 11.2. The minimum atomic E-state index is -3.21. The molecule has 29 heavy (non-hydrogen) atoms. The van der Waals surface area contributed by atoms with Crippen molar-refractivity contribution in [2.24, 2.45) is 0 Å². The van der Waals surface area contributed by atoms with E-state index in [-0.39, 0.29) is 5.75 Å². The third-order valence-electron chi connectivity index (χ3n) is 4.45. The number of nitrogen functional groups attached to an aromatic ring is 1. The van der Waals surface area contributed by atoms with E-state index in [2.05, 4.69) is 20.0 Å². The van der Waals surface area contributed by atoms with Gasteiger partial charge in [0.2, 0.25) is 16.0 Å². The Labute approximate surface area is 170 Å². The third-order valence-corrected chi connectivity index (χ3v) is 5.81. The Morgan fingerprint density at radius 1 is 1.03 bits per heavy atom. The average molecular weight is 413 g/mol. The number of nitrogens with two attached hydrogens (primary N) is 1. The molecule has 0 saturated carbocycles. The molecule has 3 aromatic rings. The number of sulfonamides is 1. The van der Waals surface area contributed by atoms with Gasteiger partial charge in [0.15, 0.2) is 0 Å². The van der Waals surface area contributed by atoms with Crippen molar-refractivity contribution in [3.8, 4) is 0 Å². The molecule has 4 N–H and O–H groups in total. The van der Waals surface area contributed by atoms with Gasteiger partial charge in [-0.1, -0.05) is 12.1 Å². The summed E-state index contributed by atoms with van der Waals surface area (Å²) >= 11 is 0. The molecule has 8 nitrogen and oxygen atoms in total. The lowest BCUT2D eigenvalue weighted by Crippen LogP contribution is -2.23. The van der Waals surface area contributed by atoms with E-state index in [1.807, 2.05) is 66.5 Å². The number of hydrogen-bond acceptors (Lipinski definition) is 7. The van der Waals surface area contributed by atoms with Gasteiger partial charge in [-0.25, -0.2) is 18.1 Å². The smallest absolute Gasteiger partial charge is 0.229 e. The highest BCUT2D eigenvalue weighted by Gasteiger charge is 2.09. The second-order valence-electron chi connectivity index (χ2n) is 6.48. The third kappa shape index (κ3) is 5.66. The number of nitrogens with zero attached hydrogens (tertiary/aromatic N) is 3. The maximum atomic E-state index is 11.5. The number of benzene rings is 2. The molecule has 0 unspecified atom stereocenters. The van der Waals surface area contributed by atoms with Crippen molar-refractivity contribution in [1.29, 1.82) is 0 Å². The van der Waals surface area contributed by atoms with Gasteiger partial charge in [-0.2, -0.15) is 4.98 Å². The molecule has 0 bridgehead atoms. The zero-order chi connectivity index (χ0) is 20.9. The van der Waals surface area contributed by atoms with E-state index in [0.29, 0.717) is 18.1 Å². The van der Waals surface area contributed by atoms with Crippen molar-refractivity contribution in [1.82, 2.24) is 14.7 Å². The van der Waals surface area contributed by atoms with Crippen LogP contribution in [-0.4, -0.2) is 38.2 Å². The second kappa shape index (κ2) is 8.89. The van der Waals surface area contributed by atoms with E-state index < -0.39 is 10.0 Å². The molecule has 0 saturated heterocycles. The molecule has 0 atom stereocenters. The van der Waals surface area contributed by atoms with Crippen LogP contribution < -0.4 is 20.7 Å². The highest BCUT2D eigenvalue weighted by atomic mass is 32.2. The number of aryl methyl sites for hydroxylation is 1. The lowest BCUT2D eigenvalue weighted by molar-refractivity contribution is 0.587. The molecule has 0 aliphatic heterocycles. The van der Waals surface area contributed by atoms with Crippen LogP contribution in [0.25, 0.3) is 0 Å². The summed E-state index contributed by atoms with van der Waals surface area (Å²) in [5.41, 5.74) is 9.17. The highest BCUT2D eigenvalue weighted by molar-refractivity contribution is 7.89. The largest absolute Gasteiger partial charge is 0.399 e. The number of anilines is 5. The van der Waals surface area contributed by atoms with Crippen LogP contribution >= 0.6 is 0 Å². The van der Waals surface area contributed by atoms with Crippen molar-refractivity contribution in [2.45, 2.75) is 6.42 Å². The van der Waals surface area contributed by atoms with Crippen LogP contribution in [0.15, 0.2) is 60.8 Å². The first-order chi connectivity index (χ1) is 13.9. The molecule has 0 amide bonds. The maximum absolute atomic E-state index is 11.5. The molecule has 0 spiro atoms. The minimum Gasteiger partial charge on any atom is -0.399 e. The van der Waals surface area contributed by atoms with Gasteiger partial charge in [-0.3, -0.25) is 0 Å². The lowest BCUT2D eigenvalue weighted by Gasteiger charge is -2.19. The van der Waals surface area contributed by atoms with Crippen LogP contribution in [0.5, 0.6) is 0 Å². The number of aromatic nitrogens is 2. The van der Waals surface area contributed by atoms with Crippen LogP contribution in [0.3, 0.4) is 0 Å². The average Bonchev–Trinajstić information content (AvgIpc) is 2.73. The maximum Gasteiger partial charge on any atom is 0.229 e. The van der Waals surface area contributed by atoms with Crippen molar-refractivity contribution in [3.63, 3.8) is 0 Å². The molecule has 0 fully saturated rings. The topological polar surface area (TPSA) is 113 Å². The van der Waals surface area contributed by atoms with E-state index in [0.717, 1.165) is 22.8 Å². The molecule has 152 valence electrons. The van der Waals surface area contributed by atoms with Crippen molar-refractivity contribution in [3.05, 3.63) is 66.4 Å². The Hall–Kier alpha value is -3.17. The SMILES string of the molecule is CNS(=O)(=O)CCc1ccc(Nc2nccc(N(C)c3ccc(N)cc3)n2)cc1. The zero-order valence-corrected chi connectivity index (χ0v) is 17.1. The minimum absolute atomic E-state index is 0.0545. The molecule has 1 aromatic heterocycles. The van der Waals surface area contributed by atoms with E-state index in [1.165, 1.54) is 7.05 Å². The predicted molar refractivity (Wildman–Crippen MR) is 117 cm³/mol. The summed E-state index contributed by atoms with van der Waals surface area (Å²) in [5.74, 6) is 1.26. The standard InChI is InChI=1S/C20H24N6O2S/c1-22-29(27,28)14-12-15-3-7-17(8-4-15)24-20-23-13-11-19(25-20)26(2)18-9-5-16(21)6-10-18/h3-11,13,22H,12,14,21H2,1-2H3,(H,23,24,25). The number of hydrogen-bond donors (Lipinski definition) is 3. The first-order valence-electron chi connectivity index (χ1n) is 9.06. The molecular weight excluding hydrogens is 388 g/mol. The molecule has 0 radical (unpaired) electrons. The Balaban J connectivity index is 1.67. The summed E-state index contributed by atoms with van der Waals surface area (Å²) in [7, 11) is 0.128. The van der Waals surface area contributed by atoms with Crippen LogP contribution in [0.2, 0.25) is 0 Å². The monoisotopic (exact) mass is 412 g/mol. The molecule has 2 aromatic carbocycles. The van der Waals surface area contributed by atoms with Gasteiger partial charge in [-0.05, 0) is 61.5 Å². The lowest BCUT2D eigenvalue weighted by atomic mass is 10.1. The number of rotatable bonds is 8. The fourth-order valence-electron chi connectivity index (χ4n) is 2.66. The molecule has 3 rings (SSSR count). The Morgan fingerprint density at radius 2 is 1.72 bits per heavy atom. The molecular formula is C20H24N6O2S. The molecule has 0 aliphatic carbocycles. The Bertz CT molecular complexity index is 1050. The van der Waals surface area contributed by atoms with Gasteiger partial charge in [-0.15, -0.1) is 0 Å². The Morgan fingerprint density at radius 3 is 2.38 bits per heavy atom. The van der Waals surface area contributed by atoms with E-state index >= 15 is 0 Å². The van der Waals surface area contributed by atoms with Crippen LogP contribution in [0.1, 0.15) is 5.56 Å². The van der Waals surface area contributed by atoms with Crippen molar-refractivity contribution in [2.75, 3.05) is 35.8 Å². The summed E-state index contributed by atoms with van der Waals surface area (Å²) in [6.45, 7) is 0. The van der Waals surface area contributed by atoms with Crippen LogP contribution in [0, 0.1) is 0 Å². The molecule has 1 heterocycles. The molecule has 0 aliphatic rings. The quantitative estimate of drug-likeness (QED) is 0.488. The van der Waals surface area contributed by atoms with E-state index in [1.54, 1.807) is 6.20 Å². The zero-order valence-electron chi connectivity index (χ0n) is 16.3. The van der Waals surface area contributed by atoms with Gasteiger partial charge >= 0.3 is 0 Å². The van der Waals surface area contributed by atoms with Crippen molar-refractivity contribution < 1.29 is 8.42 Å². The second-order valence-corrected chi connectivity index (χ2v) is 8.53. The summed E-state index contributed by atoms with van der Waals surface area (Å²) in [5, 5.41) is 3.17. The van der Waals surface area contributed by atoms with Gasteiger partial charge < -0.3 is 16.0 Å². The van der Waals surface area contributed by atoms with E-state index in [4.69, 9.17) is 5.73 Å². The van der Waals surface area contributed by atoms with Gasteiger partial charge in [0, 0.05) is 30.3 Å². The number of nitrogens with one attached hydrogen (secondary N) is 2. The van der Waals surface area contributed by atoms with E-state index in [9.17, 15) is 8.42 Å². The first-order valence-corrected chi connectivity index (χ1v) is 10.7. The van der Waals surface area contributed by atoms with Gasteiger partial charge in [0.1, 0.15) is 5.82 Å². The summed E-state index contributed by atoms with van der Waals surface area (Å²) < 4.78 is 25.4. The van der Waals surface area contributed by atoms with Gasteiger partial charge in [0.05, 0.1) is 5.75 Å². The van der Waals surface area contributed by atoms with Crippen LogP contribution in [0.4, 0.5) is 28.8 Å². The summed E-state index contributed by atoms with van der Waals surface area (Å²) in [4.78, 5) is 10.8. The fraction of sp³-hybridized carbons (Fsp3) is 0.200. The van der Waals surface area contributed by atoms with Crippen molar-refractivity contribution >= 4 is 38.9 Å². The summed E-state index contributed by atoms with van der Waals surface area (Å²) in [6.07, 6.45) is 2.14. The van der Waals surface area contributed by atoms with Gasteiger partial charge in [0.25, 0.3) is 0 Å². The van der Waals surface area contributed by atoms with Crippen LogP contribution in [-0.2, 0) is 16.4 Å². The highest BCUT2D eigenvalue weighted by Crippen LogP contribution is 2.24. The Kier molecular flexibility index (Phi) is 6.30. The fourth-order valence-corrected chi connectivity index (χ4v) is 3.37. The first kappa shape index (κ1) is 20.6. The predicted octanol–water partition coefficient (Wildman–Crippen LogP) is 2.66.